The maximum Gasteiger partial charge on any atom is 0.261 e. The van der Waals surface area contributed by atoms with E-state index in [1.807, 2.05) is 12.3 Å². The van der Waals surface area contributed by atoms with E-state index >= 15 is 0 Å². The van der Waals surface area contributed by atoms with Gasteiger partial charge in [0.05, 0.1) is 12.6 Å². The van der Waals surface area contributed by atoms with E-state index in [4.69, 9.17) is 4.74 Å². The normalized spacial score (nSPS) is 13.3. The fraction of sp³-hybridized carbons (Fsp3) is 0.667. The molecule has 0 fully saturated rings. The third-order valence-corrected chi connectivity index (χ3v) is 2.72. The van der Waals surface area contributed by atoms with Crippen LogP contribution >= 0.6 is 11.3 Å². The van der Waals surface area contributed by atoms with Gasteiger partial charge >= 0.3 is 0 Å². The fourth-order valence-corrected chi connectivity index (χ4v) is 1.73. The number of rotatable bonds is 7. The molecule has 0 aromatic carbocycles. The average Bonchev–Trinajstić information content (AvgIpc) is 2.69. The quantitative estimate of drug-likeness (QED) is 0.736. The highest BCUT2D eigenvalue weighted by Crippen LogP contribution is 2.13. The molecule has 1 aromatic rings. The second-order valence-electron chi connectivity index (χ2n) is 3.01. The Kier molecular flexibility index (Phi) is 5.67. The molecular formula is C9H14F2N2OS. The summed E-state index contributed by atoms with van der Waals surface area (Å²) in [7, 11) is 0. The number of halogens is 2. The van der Waals surface area contributed by atoms with E-state index in [0.29, 0.717) is 13.2 Å². The molecule has 6 heteroatoms. The molecular weight excluding hydrogens is 222 g/mol. The van der Waals surface area contributed by atoms with Crippen LogP contribution in [0.2, 0.25) is 0 Å². The highest BCUT2D eigenvalue weighted by molar-refractivity contribution is 7.09. The van der Waals surface area contributed by atoms with E-state index < -0.39 is 13.0 Å². The van der Waals surface area contributed by atoms with Crippen LogP contribution in [-0.4, -0.2) is 31.2 Å². The average molecular weight is 236 g/mol. The SMILES string of the molecule is CC(NCCOCC(F)F)c1nccs1. The third-order valence-electron chi connectivity index (χ3n) is 1.76. The topological polar surface area (TPSA) is 34.1 Å². The standard InChI is InChI=1S/C9H14F2N2OS/c1-7(9-13-3-5-15-9)12-2-4-14-6-8(10)11/h3,5,7-8,12H,2,4,6H2,1H3. The molecule has 1 unspecified atom stereocenters. The molecule has 0 aliphatic carbocycles. The van der Waals surface area contributed by atoms with Crippen LogP contribution in [0.1, 0.15) is 18.0 Å². The first-order valence-corrected chi connectivity index (χ1v) is 5.56. The number of nitrogens with zero attached hydrogens (tertiary/aromatic N) is 1. The minimum absolute atomic E-state index is 0.139. The first-order valence-electron chi connectivity index (χ1n) is 4.69. The largest absolute Gasteiger partial charge is 0.374 e. The molecule has 0 saturated heterocycles. The van der Waals surface area contributed by atoms with Crippen molar-refractivity contribution in [3.63, 3.8) is 0 Å². The molecule has 1 aromatic heterocycles. The number of alkyl halides is 2. The van der Waals surface area contributed by atoms with Crippen LogP contribution in [0.4, 0.5) is 8.78 Å². The summed E-state index contributed by atoms with van der Waals surface area (Å²) in [6.45, 7) is 2.33. The number of hydrogen-bond donors (Lipinski definition) is 1. The summed E-state index contributed by atoms with van der Waals surface area (Å²) < 4.78 is 28.1. The zero-order valence-corrected chi connectivity index (χ0v) is 9.27. The molecule has 0 saturated carbocycles. The van der Waals surface area contributed by atoms with Crippen molar-refractivity contribution in [3.8, 4) is 0 Å². The van der Waals surface area contributed by atoms with Crippen LogP contribution in [0.25, 0.3) is 0 Å². The van der Waals surface area contributed by atoms with Gasteiger partial charge in [0, 0.05) is 18.1 Å². The molecule has 0 amide bonds. The minimum atomic E-state index is -2.39. The molecule has 0 spiro atoms. The fourth-order valence-electron chi connectivity index (χ4n) is 1.06. The van der Waals surface area contributed by atoms with Gasteiger partial charge < -0.3 is 10.1 Å². The van der Waals surface area contributed by atoms with Gasteiger partial charge in [0.1, 0.15) is 11.6 Å². The predicted octanol–water partition coefficient (Wildman–Crippen LogP) is 2.08. The van der Waals surface area contributed by atoms with Crippen LogP contribution in [0, 0.1) is 0 Å². The number of nitrogens with one attached hydrogen (secondary N) is 1. The van der Waals surface area contributed by atoms with Crippen molar-refractivity contribution >= 4 is 11.3 Å². The molecule has 0 bridgehead atoms. The van der Waals surface area contributed by atoms with Gasteiger partial charge in [-0.3, -0.25) is 0 Å². The Balaban J connectivity index is 2.05. The molecule has 0 aliphatic rings. The lowest BCUT2D eigenvalue weighted by atomic mass is 10.3. The Labute approximate surface area is 91.5 Å². The molecule has 86 valence electrons. The van der Waals surface area contributed by atoms with Gasteiger partial charge in [0.2, 0.25) is 0 Å². The molecule has 1 atom stereocenters. The van der Waals surface area contributed by atoms with E-state index in [0.717, 1.165) is 5.01 Å². The van der Waals surface area contributed by atoms with Gasteiger partial charge in [-0.1, -0.05) is 0 Å². The zero-order valence-electron chi connectivity index (χ0n) is 8.45. The summed E-state index contributed by atoms with van der Waals surface area (Å²) in [6, 6.07) is 0.139. The highest BCUT2D eigenvalue weighted by atomic mass is 32.1. The number of aromatic nitrogens is 1. The lowest BCUT2D eigenvalue weighted by Crippen LogP contribution is -2.24. The number of thiazole rings is 1. The summed E-state index contributed by atoms with van der Waals surface area (Å²) in [4.78, 5) is 4.14. The Bertz CT molecular complexity index is 257. The van der Waals surface area contributed by atoms with E-state index in [1.165, 1.54) is 0 Å². The second kappa shape index (κ2) is 6.81. The second-order valence-corrected chi connectivity index (χ2v) is 3.94. The molecule has 15 heavy (non-hydrogen) atoms. The van der Waals surface area contributed by atoms with E-state index in [9.17, 15) is 8.78 Å². The van der Waals surface area contributed by atoms with Gasteiger partial charge in [0.15, 0.2) is 0 Å². The minimum Gasteiger partial charge on any atom is -0.374 e. The summed E-state index contributed by atoms with van der Waals surface area (Å²) in [5.41, 5.74) is 0. The van der Waals surface area contributed by atoms with Crippen LogP contribution in [0.3, 0.4) is 0 Å². The van der Waals surface area contributed by atoms with Gasteiger partial charge in [-0.25, -0.2) is 13.8 Å². The van der Waals surface area contributed by atoms with Crippen LogP contribution < -0.4 is 5.32 Å². The van der Waals surface area contributed by atoms with Crippen LogP contribution in [0.5, 0.6) is 0 Å². The van der Waals surface area contributed by atoms with Crippen molar-refractivity contribution in [2.24, 2.45) is 0 Å². The molecule has 0 aliphatic heterocycles. The lowest BCUT2D eigenvalue weighted by Gasteiger charge is -2.10. The van der Waals surface area contributed by atoms with Crippen molar-refractivity contribution < 1.29 is 13.5 Å². The maximum atomic E-state index is 11.7. The highest BCUT2D eigenvalue weighted by Gasteiger charge is 2.06. The van der Waals surface area contributed by atoms with Gasteiger partial charge in [-0.15, -0.1) is 11.3 Å². The van der Waals surface area contributed by atoms with Crippen molar-refractivity contribution in [1.29, 1.82) is 0 Å². The van der Waals surface area contributed by atoms with E-state index in [2.05, 4.69) is 10.3 Å². The van der Waals surface area contributed by atoms with Gasteiger partial charge in [-0.2, -0.15) is 0 Å². The third kappa shape index (κ3) is 5.15. The van der Waals surface area contributed by atoms with Gasteiger partial charge in [-0.05, 0) is 6.92 Å². The summed E-state index contributed by atoms with van der Waals surface area (Å²) >= 11 is 1.57. The van der Waals surface area contributed by atoms with Gasteiger partial charge in [0.25, 0.3) is 6.43 Å². The summed E-state index contributed by atoms with van der Waals surface area (Å²) in [5, 5.41) is 6.03. The van der Waals surface area contributed by atoms with Crippen molar-refractivity contribution in [1.82, 2.24) is 10.3 Å². The lowest BCUT2D eigenvalue weighted by molar-refractivity contribution is 0.0183. The first kappa shape index (κ1) is 12.5. The molecule has 1 N–H and O–H groups in total. The Morgan fingerprint density at radius 3 is 3.00 bits per heavy atom. The Morgan fingerprint density at radius 1 is 1.60 bits per heavy atom. The monoisotopic (exact) mass is 236 g/mol. The van der Waals surface area contributed by atoms with Crippen LogP contribution in [-0.2, 0) is 4.74 Å². The van der Waals surface area contributed by atoms with Crippen molar-refractivity contribution in [2.45, 2.75) is 19.4 Å². The molecule has 1 rings (SSSR count). The number of ether oxygens (including phenoxy) is 1. The zero-order chi connectivity index (χ0) is 11.1. The summed E-state index contributed by atoms with van der Waals surface area (Å²) in [5.74, 6) is 0. The first-order chi connectivity index (χ1) is 7.20. The maximum absolute atomic E-state index is 11.7. The Morgan fingerprint density at radius 2 is 2.40 bits per heavy atom. The molecule has 3 nitrogen and oxygen atoms in total. The molecule has 0 radical (unpaired) electrons. The number of hydrogen-bond acceptors (Lipinski definition) is 4. The van der Waals surface area contributed by atoms with E-state index in [1.54, 1.807) is 17.5 Å². The predicted molar refractivity (Wildman–Crippen MR) is 55.4 cm³/mol. The van der Waals surface area contributed by atoms with Crippen molar-refractivity contribution in [3.05, 3.63) is 16.6 Å². The molecule has 1 heterocycles. The van der Waals surface area contributed by atoms with Crippen LogP contribution in [0.15, 0.2) is 11.6 Å². The van der Waals surface area contributed by atoms with E-state index in [-0.39, 0.29) is 6.04 Å². The smallest absolute Gasteiger partial charge is 0.261 e. The van der Waals surface area contributed by atoms with Crippen molar-refractivity contribution in [2.75, 3.05) is 19.8 Å². The Hall–Kier alpha value is -0.590. The summed E-state index contributed by atoms with van der Waals surface area (Å²) in [6.07, 6.45) is -0.646.